The number of rotatable bonds is 5. The second kappa shape index (κ2) is 10.1. The number of anilines is 1. The molecule has 0 bridgehead atoms. The van der Waals surface area contributed by atoms with Gasteiger partial charge in [0.05, 0.1) is 22.9 Å². The lowest BCUT2D eigenvalue weighted by Gasteiger charge is -2.26. The van der Waals surface area contributed by atoms with Crippen LogP contribution in [0.25, 0.3) is 0 Å². The maximum Gasteiger partial charge on any atom is 0.255 e. The topological polar surface area (TPSA) is 99.1 Å². The monoisotopic (exact) mass is 391 g/mol. The molecule has 3 rings (SSSR count). The summed E-state index contributed by atoms with van der Waals surface area (Å²) in [4.78, 5) is 14.9. The van der Waals surface area contributed by atoms with Gasteiger partial charge < -0.3 is 26.2 Å². The van der Waals surface area contributed by atoms with Gasteiger partial charge in [0.15, 0.2) is 0 Å². The first-order valence-electron chi connectivity index (χ1n) is 8.41. The van der Waals surface area contributed by atoms with E-state index < -0.39 is 0 Å². The summed E-state index contributed by atoms with van der Waals surface area (Å²) in [6, 6.07) is 1.61. The van der Waals surface area contributed by atoms with Crippen LogP contribution in [-0.4, -0.2) is 49.1 Å². The molecule has 8 heteroatoms. The van der Waals surface area contributed by atoms with Crippen molar-refractivity contribution in [2.45, 2.75) is 32.1 Å². The van der Waals surface area contributed by atoms with Crippen molar-refractivity contribution in [2.75, 3.05) is 38.5 Å². The number of hydrogen-bond donors (Lipinski definition) is 2. The predicted molar refractivity (Wildman–Crippen MR) is 103 cm³/mol. The van der Waals surface area contributed by atoms with E-state index in [1.807, 2.05) is 0 Å². The Morgan fingerprint density at radius 2 is 2.04 bits per heavy atom. The summed E-state index contributed by atoms with van der Waals surface area (Å²) < 4.78 is 5.58. The molecule has 0 radical (unpaired) electrons. The number of nitrogens with zero attached hydrogens (tertiary/aromatic N) is 1. The molecule has 1 saturated heterocycles. The molecule has 0 aromatic heterocycles. The van der Waals surface area contributed by atoms with Gasteiger partial charge in [-0.15, -0.1) is 12.4 Å². The Kier molecular flexibility index (Phi) is 8.79. The number of nitrogens with two attached hydrogens (primary N) is 1. The van der Waals surface area contributed by atoms with Crippen molar-refractivity contribution in [3.05, 3.63) is 22.2 Å². The van der Waals surface area contributed by atoms with Crippen LogP contribution >= 0.6 is 24.0 Å². The molecule has 1 amide bonds. The van der Waals surface area contributed by atoms with Crippen LogP contribution in [0.3, 0.4) is 0 Å². The highest BCUT2D eigenvalue weighted by Gasteiger charge is 2.25. The molecule has 2 heterocycles. The van der Waals surface area contributed by atoms with E-state index in [0.717, 1.165) is 18.5 Å². The van der Waals surface area contributed by atoms with Crippen molar-refractivity contribution in [2.24, 2.45) is 0 Å². The normalized spacial score (nSPS) is 16.2. The number of fused-ring (bicyclic) bond motifs is 1. The SMILES string of the molecule is Cl.Nc1c(Cl)cc(C(=O)NCCCN2CCCCC2)c2c1CCO2.O. The molecule has 6 nitrogen and oxygen atoms in total. The Morgan fingerprint density at radius 1 is 1.32 bits per heavy atom. The molecule has 25 heavy (non-hydrogen) atoms. The fourth-order valence-electron chi connectivity index (χ4n) is 3.32. The Morgan fingerprint density at radius 3 is 2.76 bits per heavy atom. The van der Waals surface area contributed by atoms with Crippen molar-refractivity contribution in [3.63, 3.8) is 0 Å². The van der Waals surface area contributed by atoms with Gasteiger partial charge in [-0.05, 0) is 45.0 Å². The highest BCUT2D eigenvalue weighted by molar-refractivity contribution is 6.33. The number of hydrogen-bond acceptors (Lipinski definition) is 4. The summed E-state index contributed by atoms with van der Waals surface area (Å²) in [6.45, 7) is 4.62. The molecule has 0 spiro atoms. The first-order valence-corrected chi connectivity index (χ1v) is 8.79. The van der Waals surface area contributed by atoms with E-state index >= 15 is 0 Å². The van der Waals surface area contributed by atoms with Crippen LogP contribution in [0.5, 0.6) is 5.75 Å². The minimum atomic E-state index is -0.135. The Labute approximate surface area is 159 Å². The second-order valence-corrected chi connectivity index (χ2v) is 6.64. The molecule has 2 aliphatic heterocycles. The standard InChI is InChI=1S/C17H24ClN3O2.ClH.H2O/c18-14-11-13(16-12(15(14)19)5-10-23-16)17(22)20-6-4-9-21-7-2-1-3-8-21;;/h11H,1-10,19H2,(H,20,22);1H;1H2. The summed E-state index contributed by atoms with van der Waals surface area (Å²) in [5, 5.41) is 3.39. The summed E-state index contributed by atoms with van der Waals surface area (Å²) in [5.74, 6) is 0.462. The second-order valence-electron chi connectivity index (χ2n) is 6.24. The molecule has 0 atom stereocenters. The highest BCUT2D eigenvalue weighted by atomic mass is 35.5. The lowest BCUT2D eigenvalue weighted by Crippen LogP contribution is -2.33. The van der Waals surface area contributed by atoms with E-state index in [1.54, 1.807) is 6.07 Å². The van der Waals surface area contributed by atoms with Gasteiger partial charge in [0, 0.05) is 18.5 Å². The van der Waals surface area contributed by atoms with E-state index in [2.05, 4.69) is 10.2 Å². The number of halogens is 2. The van der Waals surface area contributed by atoms with Crippen LogP contribution in [0.2, 0.25) is 5.02 Å². The number of ether oxygens (including phenoxy) is 1. The van der Waals surface area contributed by atoms with E-state index in [4.69, 9.17) is 22.1 Å². The first-order chi connectivity index (χ1) is 11.2. The summed E-state index contributed by atoms with van der Waals surface area (Å²) >= 11 is 6.14. The lowest BCUT2D eigenvalue weighted by atomic mass is 10.1. The predicted octanol–water partition coefficient (Wildman–Crippen LogP) is 2.06. The molecule has 5 N–H and O–H groups in total. The van der Waals surface area contributed by atoms with Crippen molar-refractivity contribution in [3.8, 4) is 5.75 Å². The molecule has 142 valence electrons. The van der Waals surface area contributed by atoms with Gasteiger partial charge in [0.1, 0.15) is 5.75 Å². The fraction of sp³-hybridized carbons (Fsp3) is 0.588. The molecule has 0 saturated carbocycles. The number of piperidine rings is 1. The van der Waals surface area contributed by atoms with Crippen LogP contribution in [0.4, 0.5) is 5.69 Å². The minimum Gasteiger partial charge on any atom is -0.492 e. The summed E-state index contributed by atoms with van der Waals surface area (Å²) in [5.41, 5.74) is 7.84. The maximum absolute atomic E-state index is 12.4. The highest BCUT2D eigenvalue weighted by Crippen LogP contribution is 2.38. The van der Waals surface area contributed by atoms with Crippen molar-refractivity contribution in [1.29, 1.82) is 0 Å². The maximum atomic E-state index is 12.4. The molecule has 1 aromatic rings. The Balaban J connectivity index is 0.00000156. The van der Waals surface area contributed by atoms with Gasteiger partial charge in [0.25, 0.3) is 5.91 Å². The van der Waals surface area contributed by atoms with Crippen LogP contribution in [-0.2, 0) is 6.42 Å². The third-order valence-corrected chi connectivity index (χ3v) is 4.91. The number of nitrogens with one attached hydrogen (secondary N) is 1. The molecule has 0 unspecified atom stereocenters. The zero-order chi connectivity index (χ0) is 16.2. The first kappa shape index (κ1) is 21.8. The van der Waals surface area contributed by atoms with Gasteiger partial charge in [-0.25, -0.2) is 0 Å². The lowest BCUT2D eigenvalue weighted by molar-refractivity contribution is 0.0948. The van der Waals surface area contributed by atoms with Crippen LogP contribution < -0.4 is 15.8 Å². The summed E-state index contributed by atoms with van der Waals surface area (Å²) in [7, 11) is 0. The van der Waals surface area contributed by atoms with Gasteiger partial charge in [0.2, 0.25) is 0 Å². The molecule has 1 fully saturated rings. The van der Waals surface area contributed by atoms with Gasteiger partial charge in [-0.3, -0.25) is 4.79 Å². The molecule has 2 aliphatic rings. The Bertz CT molecular complexity index is 593. The quantitative estimate of drug-likeness (QED) is 0.592. The zero-order valence-electron chi connectivity index (χ0n) is 14.3. The average Bonchev–Trinajstić information content (AvgIpc) is 3.05. The summed E-state index contributed by atoms with van der Waals surface area (Å²) in [6.07, 6.45) is 5.59. The van der Waals surface area contributed by atoms with Gasteiger partial charge >= 0.3 is 0 Å². The fourth-order valence-corrected chi connectivity index (χ4v) is 3.54. The van der Waals surface area contributed by atoms with Gasteiger partial charge in [-0.2, -0.15) is 0 Å². The molecule has 0 aliphatic carbocycles. The van der Waals surface area contributed by atoms with E-state index in [-0.39, 0.29) is 23.8 Å². The van der Waals surface area contributed by atoms with Crippen LogP contribution in [0.15, 0.2) is 6.07 Å². The zero-order valence-corrected chi connectivity index (χ0v) is 15.8. The number of likely N-dealkylation sites (tertiary alicyclic amines) is 1. The van der Waals surface area contributed by atoms with E-state index in [1.165, 1.54) is 32.4 Å². The van der Waals surface area contributed by atoms with E-state index in [9.17, 15) is 4.79 Å². The van der Waals surface area contributed by atoms with Crippen molar-refractivity contribution in [1.82, 2.24) is 10.2 Å². The smallest absolute Gasteiger partial charge is 0.255 e. The molecule has 1 aromatic carbocycles. The van der Waals surface area contributed by atoms with Crippen molar-refractivity contribution >= 4 is 35.6 Å². The van der Waals surface area contributed by atoms with E-state index in [0.29, 0.717) is 41.6 Å². The van der Waals surface area contributed by atoms with Crippen LogP contribution in [0, 0.1) is 0 Å². The number of nitrogen functional groups attached to an aromatic ring is 1. The number of carbonyl (C=O) groups excluding carboxylic acids is 1. The number of amides is 1. The number of carbonyl (C=O) groups is 1. The molecular weight excluding hydrogens is 365 g/mol. The minimum absolute atomic E-state index is 0. The molecular formula is C17H27Cl2N3O3. The average molecular weight is 392 g/mol. The van der Waals surface area contributed by atoms with Crippen LogP contribution in [0.1, 0.15) is 41.6 Å². The largest absolute Gasteiger partial charge is 0.492 e. The third-order valence-electron chi connectivity index (χ3n) is 4.60. The number of benzene rings is 1. The third kappa shape index (κ3) is 5.14. The van der Waals surface area contributed by atoms with Gasteiger partial charge in [-0.1, -0.05) is 18.0 Å². The Hall–Kier alpha value is -1.21. The van der Waals surface area contributed by atoms with Crippen molar-refractivity contribution < 1.29 is 15.0 Å².